The molecule has 19 heavy (non-hydrogen) atoms. The Morgan fingerprint density at radius 3 is 2.37 bits per heavy atom. The van der Waals surface area contributed by atoms with E-state index < -0.39 is 0 Å². The Balaban J connectivity index is 2.45. The van der Waals surface area contributed by atoms with Crippen molar-refractivity contribution in [1.82, 2.24) is 10.2 Å². The smallest absolute Gasteiger partial charge is 0.170 e. The normalized spacial score (nSPS) is 20.7. The van der Waals surface area contributed by atoms with E-state index in [4.69, 9.17) is 9.47 Å². The van der Waals surface area contributed by atoms with Crippen LogP contribution in [0, 0.1) is 5.92 Å². The Bertz CT molecular complexity index is 212. The van der Waals surface area contributed by atoms with Gasteiger partial charge in [-0.25, -0.2) is 0 Å². The fraction of sp³-hybridized carbons (Fsp3) is 1.00. The molecule has 1 aliphatic rings. The lowest BCUT2D eigenvalue weighted by molar-refractivity contribution is -0.150. The average molecular weight is 272 g/mol. The minimum atomic E-state index is -0.0889. The zero-order valence-electron chi connectivity index (χ0n) is 13.2. The van der Waals surface area contributed by atoms with Crippen molar-refractivity contribution in [1.29, 1.82) is 0 Å². The second kappa shape index (κ2) is 9.70. The molecule has 0 bridgehead atoms. The van der Waals surface area contributed by atoms with Gasteiger partial charge in [-0.05, 0) is 59.5 Å². The SMILES string of the molecule is CCOC(CN(CC1CCCNC1)C(C)C)OCC. The molecule has 1 aliphatic heterocycles. The average Bonchev–Trinajstić information content (AvgIpc) is 2.39. The molecule has 1 fully saturated rings. The van der Waals surface area contributed by atoms with Gasteiger partial charge in [0, 0.05) is 32.3 Å². The molecule has 4 heteroatoms. The van der Waals surface area contributed by atoms with E-state index in [0.29, 0.717) is 19.3 Å². The van der Waals surface area contributed by atoms with Crippen LogP contribution in [0.15, 0.2) is 0 Å². The summed E-state index contributed by atoms with van der Waals surface area (Å²) in [7, 11) is 0. The van der Waals surface area contributed by atoms with E-state index in [1.54, 1.807) is 0 Å². The first-order valence-corrected chi connectivity index (χ1v) is 7.85. The molecule has 1 atom stereocenters. The fourth-order valence-corrected chi connectivity index (χ4v) is 2.62. The summed E-state index contributed by atoms with van der Waals surface area (Å²) in [5.41, 5.74) is 0. The second-order valence-corrected chi connectivity index (χ2v) is 5.60. The molecule has 4 nitrogen and oxygen atoms in total. The van der Waals surface area contributed by atoms with Gasteiger partial charge in [-0.1, -0.05) is 0 Å². The molecule has 0 saturated carbocycles. The Morgan fingerprint density at radius 1 is 1.21 bits per heavy atom. The van der Waals surface area contributed by atoms with Gasteiger partial charge in [0.1, 0.15) is 0 Å². The number of ether oxygens (including phenoxy) is 2. The van der Waals surface area contributed by atoms with Crippen molar-refractivity contribution in [2.75, 3.05) is 39.4 Å². The number of nitrogens with zero attached hydrogens (tertiary/aromatic N) is 1. The van der Waals surface area contributed by atoms with Crippen LogP contribution in [0.4, 0.5) is 0 Å². The molecule has 0 aromatic carbocycles. The van der Waals surface area contributed by atoms with Crippen molar-refractivity contribution in [3.8, 4) is 0 Å². The molecule has 0 amide bonds. The van der Waals surface area contributed by atoms with E-state index in [1.165, 1.54) is 19.4 Å². The summed E-state index contributed by atoms with van der Waals surface area (Å²) >= 11 is 0. The first-order chi connectivity index (χ1) is 9.17. The molecule has 1 unspecified atom stereocenters. The lowest BCUT2D eigenvalue weighted by Crippen LogP contribution is -2.45. The maximum Gasteiger partial charge on any atom is 0.170 e. The molecule has 114 valence electrons. The van der Waals surface area contributed by atoms with E-state index in [1.807, 2.05) is 13.8 Å². The topological polar surface area (TPSA) is 33.7 Å². The quantitative estimate of drug-likeness (QED) is 0.652. The maximum absolute atomic E-state index is 5.67. The lowest BCUT2D eigenvalue weighted by atomic mass is 9.98. The van der Waals surface area contributed by atoms with E-state index in [2.05, 4.69) is 24.1 Å². The van der Waals surface area contributed by atoms with E-state index in [9.17, 15) is 0 Å². The fourth-order valence-electron chi connectivity index (χ4n) is 2.62. The van der Waals surface area contributed by atoms with Gasteiger partial charge in [-0.3, -0.25) is 4.90 Å². The predicted octanol–water partition coefficient (Wildman–Crippen LogP) is 2.10. The van der Waals surface area contributed by atoms with Gasteiger partial charge < -0.3 is 14.8 Å². The molecular formula is C15H32N2O2. The molecular weight excluding hydrogens is 240 g/mol. The van der Waals surface area contributed by atoms with E-state index in [-0.39, 0.29) is 6.29 Å². The molecule has 0 spiro atoms. The van der Waals surface area contributed by atoms with Crippen molar-refractivity contribution in [3.63, 3.8) is 0 Å². The summed E-state index contributed by atoms with van der Waals surface area (Å²) < 4.78 is 11.3. The molecule has 0 aromatic heterocycles. The van der Waals surface area contributed by atoms with Gasteiger partial charge in [0.2, 0.25) is 0 Å². The van der Waals surface area contributed by atoms with Crippen LogP contribution < -0.4 is 5.32 Å². The highest BCUT2D eigenvalue weighted by Gasteiger charge is 2.22. The highest BCUT2D eigenvalue weighted by molar-refractivity contribution is 4.75. The number of nitrogens with one attached hydrogen (secondary N) is 1. The number of rotatable bonds is 9. The first kappa shape index (κ1) is 16.9. The van der Waals surface area contributed by atoms with Gasteiger partial charge >= 0.3 is 0 Å². The van der Waals surface area contributed by atoms with Crippen LogP contribution in [0.5, 0.6) is 0 Å². The van der Waals surface area contributed by atoms with E-state index >= 15 is 0 Å². The van der Waals surface area contributed by atoms with Crippen LogP contribution in [-0.2, 0) is 9.47 Å². The van der Waals surface area contributed by atoms with Crippen molar-refractivity contribution in [2.45, 2.75) is 52.9 Å². The Kier molecular flexibility index (Phi) is 8.62. The van der Waals surface area contributed by atoms with Gasteiger partial charge in [0.05, 0.1) is 0 Å². The summed E-state index contributed by atoms with van der Waals surface area (Å²) in [5, 5.41) is 3.49. The standard InChI is InChI=1S/C15H32N2O2/c1-5-18-15(19-6-2)12-17(13(3)4)11-14-8-7-9-16-10-14/h13-16H,5-12H2,1-4H3. The molecule has 0 radical (unpaired) electrons. The summed E-state index contributed by atoms with van der Waals surface area (Å²) in [6.07, 6.45) is 2.55. The third-order valence-electron chi connectivity index (χ3n) is 3.71. The van der Waals surface area contributed by atoms with Crippen molar-refractivity contribution in [3.05, 3.63) is 0 Å². The summed E-state index contributed by atoms with van der Waals surface area (Å²) in [5.74, 6) is 0.764. The Hall–Kier alpha value is -0.160. The second-order valence-electron chi connectivity index (χ2n) is 5.60. The summed E-state index contributed by atoms with van der Waals surface area (Å²) in [6.45, 7) is 14.3. The van der Waals surface area contributed by atoms with Crippen LogP contribution >= 0.6 is 0 Å². The predicted molar refractivity (Wildman–Crippen MR) is 79.3 cm³/mol. The van der Waals surface area contributed by atoms with Crippen LogP contribution in [-0.4, -0.2) is 56.6 Å². The zero-order valence-corrected chi connectivity index (χ0v) is 13.2. The molecule has 1 saturated heterocycles. The van der Waals surface area contributed by atoms with Crippen molar-refractivity contribution >= 4 is 0 Å². The molecule has 1 heterocycles. The van der Waals surface area contributed by atoms with E-state index in [0.717, 1.165) is 25.6 Å². The van der Waals surface area contributed by atoms with Gasteiger partial charge in [0.15, 0.2) is 6.29 Å². The number of hydrogen-bond donors (Lipinski definition) is 1. The molecule has 0 aliphatic carbocycles. The van der Waals surface area contributed by atoms with Crippen molar-refractivity contribution < 1.29 is 9.47 Å². The number of piperidine rings is 1. The highest BCUT2D eigenvalue weighted by Crippen LogP contribution is 2.14. The largest absolute Gasteiger partial charge is 0.352 e. The van der Waals surface area contributed by atoms with Crippen LogP contribution in [0.3, 0.4) is 0 Å². The summed E-state index contributed by atoms with van der Waals surface area (Å²) in [4.78, 5) is 2.49. The molecule has 1 N–H and O–H groups in total. The lowest BCUT2D eigenvalue weighted by Gasteiger charge is -2.34. The molecule has 1 rings (SSSR count). The monoisotopic (exact) mass is 272 g/mol. The minimum Gasteiger partial charge on any atom is -0.352 e. The van der Waals surface area contributed by atoms with Crippen LogP contribution in [0.25, 0.3) is 0 Å². The third-order valence-corrected chi connectivity index (χ3v) is 3.71. The Morgan fingerprint density at radius 2 is 1.89 bits per heavy atom. The van der Waals surface area contributed by atoms with Gasteiger partial charge in [-0.15, -0.1) is 0 Å². The highest BCUT2D eigenvalue weighted by atomic mass is 16.7. The van der Waals surface area contributed by atoms with Gasteiger partial charge in [0.25, 0.3) is 0 Å². The number of hydrogen-bond acceptors (Lipinski definition) is 4. The minimum absolute atomic E-state index is 0.0889. The maximum atomic E-state index is 5.67. The first-order valence-electron chi connectivity index (χ1n) is 7.85. The zero-order chi connectivity index (χ0) is 14.1. The van der Waals surface area contributed by atoms with Crippen LogP contribution in [0.1, 0.15) is 40.5 Å². The third kappa shape index (κ3) is 6.70. The Labute approximate surface area is 118 Å². The van der Waals surface area contributed by atoms with Crippen molar-refractivity contribution in [2.24, 2.45) is 5.92 Å². The van der Waals surface area contributed by atoms with Gasteiger partial charge in [-0.2, -0.15) is 0 Å². The molecule has 0 aromatic rings. The summed E-state index contributed by atoms with van der Waals surface area (Å²) in [6, 6.07) is 0.533. The van der Waals surface area contributed by atoms with Crippen LogP contribution in [0.2, 0.25) is 0 Å².